The fraction of sp³-hybridized carbons (Fsp3) is 0.273. The van der Waals surface area contributed by atoms with Crippen molar-refractivity contribution in [1.29, 1.82) is 0 Å². The van der Waals surface area contributed by atoms with Gasteiger partial charge in [0.1, 0.15) is 5.75 Å². The number of aldehydes is 1. The second-order valence-corrected chi connectivity index (χ2v) is 4.35. The number of carbonyl (C=O) groups excluding carboxylic acids is 2. The first-order valence-corrected chi connectivity index (χ1v) is 5.95. The molecule has 0 amide bonds. The molecule has 6 nitrogen and oxygen atoms in total. The van der Waals surface area contributed by atoms with Gasteiger partial charge < -0.3 is 4.74 Å². The first-order chi connectivity index (χ1) is 8.95. The molecule has 1 aromatic carbocycles. The van der Waals surface area contributed by atoms with Gasteiger partial charge in [-0.3, -0.25) is 19.7 Å². The van der Waals surface area contributed by atoms with Gasteiger partial charge in [0.2, 0.25) is 5.24 Å². The number of benzene rings is 1. The van der Waals surface area contributed by atoms with Crippen molar-refractivity contribution < 1.29 is 19.2 Å². The summed E-state index contributed by atoms with van der Waals surface area (Å²) in [7, 11) is 0. The van der Waals surface area contributed by atoms with E-state index in [0.717, 1.165) is 12.1 Å². The van der Waals surface area contributed by atoms with Gasteiger partial charge in [0, 0.05) is 6.42 Å². The number of rotatable bonds is 7. The van der Waals surface area contributed by atoms with Crippen LogP contribution in [0.4, 0.5) is 5.69 Å². The van der Waals surface area contributed by atoms with Crippen LogP contribution >= 0.6 is 23.2 Å². The normalized spacial score (nSPS) is 10.0. The van der Waals surface area contributed by atoms with Crippen LogP contribution in [0.1, 0.15) is 23.2 Å². The molecule has 1 rings (SSSR count). The second-order valence-electron chi connectivity index (χ2n) is 3.52. The first kappa shape index (κ1) is 15.4. The van der Waals surface area contributed by atoms with Crippen molar-refractivity contribution in [1.82, 2.24) is 0 Å². The molecule has 0 heterocycles. The van der Waals surface area contributed by atoms with Gasteiger partial charge in [-0.1, -0.05) is 11.6 Å². The highest BCUT2D eigenvalue weighted by molar-refractivity contribution is 6.63. The monoisotopic (exact) mass is 305 g/mol. The highest BCUT2D eigenvalue weighted by Crippen LogP contribution is 2.31. The minimum atomic E-state index is -0.699. The van der Waals surface area contributed by atoms with E-state index in [1.165, 1.54) is 0 Å². The first-order valence-electron chi connectivity index (χ1n) is 5.20. The highest BCUT2D eigenvalue weighted by atomic mass is 35.5. The number of carbonyl (C=O) groups is 2. The Kier molecular flexibility index (Phi) is 5.72. The van der Waals surface area contributed by atoms with E-state index in [9.17, 15) is 19.7 Å². The van der Waals surface area contributed by atoms with E-state index >= 15 is 0 Å². The molecule has 1 aromatic rings. The Hall–Kier alpha value is -1.66. The van der Waals surface area contributed by atoms with Gasteiger partial charge in [-0.2, -0.15) is 0 Å². The maximum atomic E-state index is 10.7. The molecule has 8 heteroatoms. The van der Waals surface area contributed by atoms with E-state index in [1.807, 2.05) is 0 Å². The third kappa shape index (κ3) is 4.50. The zero-order valence-electron chi connectivity index (χ0n) is 9.60. The summed E-state index contributed by atoms with van der Waals surface area (Å²) in [4.78, 5) is 31.2. The zero-order chi connectivity index (χ0) is 14.4. The Labute approximate surface area is 118 Å². The van der Waals surface area contributed by atoms with Gasteiger partial charge in [0.25, 0.3) is 5.69 Å². The molecule has 0 N–H and O–H groups in total. The molecule has 19 heavy (non-hydrogen) atoms. The molecular weight excluding hydrogens is 297 g/mol. The third-order valence-electron chi connectivity index (χ3n) is 2.18. The molecule has 0 aliphatic rings. The molecule has 0 aliphatic heterocycles. The number of hydrogen-bond acceptors (Lipinski definition) is 5. The zero-order valence-corrected chi connectivity index (χ0v) is 11.1. The minimum Gasteiger partial charge on any atom is -0.492 e. The van der Waals surface area contributed by atoms with Crippen molar-refractivity contribution >= 4 is 40.4 Å². The van der Waals surface area contributed by atoms with E-state index in [0.29, 0.717) is 12.7 Å². The van der Waals surface area contributed by atoms with E-state index in [-0.39, 0.29) is 35.1 Å². The minimum absolute atomic E-state index is 0.0842. The lowest BCUT2D eigenvalue weighted by Crippen LogP contribution is -2.02. The van der Waals surface area contributed by atoms with Crippen LogP contribution in [-0.4, -0.2) is 23.1 Å². The predicted molar refractivity (Wildman–Crippen MR) is 69.1 cm³/mol. The van der Waals surface area contributed by atoms with Gasteiger partial charge in [-0.15, -0.1) is 0 Å². The summed E-state index contributed by atoms with van der Waals surface area (Å²) in [5.41, 5.74) is -0.513. The van der Waals surface area contributed by atoms with Crippen LogP contribution in [0.3, 0.4) is 0 Å². The van der Waals surface area contributed by atoms with Crippen LogP contribution in [0, 0.1) is 10.1 Å². The Balaban J connectivity index is 2.83. The number of nitro groups is 1. The molecule has 0 fully saturated rings. The maximum Gasteiger partial charge on any atom is 0.283 e. The Morgan fingerprint density at radius 1 is 1.47 bits per heavy atom. The van der Waals surface area contributed by atoms with Crippen LogP contribution in [0.5, 0.6) is 5.75 Å². The molecular formula is C11H9Cl2NO5. The molecule has 0 aromatic heterocycles. The Morgan fingerprint density at radius 2 is 2.16 bits per heavy atom. The fourth-order valence-corrected chi connectivity index (χ4v) is 1.67. The van der Waals surface area contributed by atoms with E-state index < -0.39 is 10.2 Å². The van der Waals surface area contributed by atoms with E-state index in [4.69, 9.17) is 27.9 Å². The van der Waals surface area contributed by atoms with Gasteiger partial charge in [-0.25, -0.2) is 0 Å². The molecule has 0 unspecified atom stereocenters. The van der Waals surface area contributed by atoms with Crippen molar-refractivity contribution in [3.05, 3.63) is 32.8 Å². The number of halogens is 2. The SMILES string of the molecule is O=Cc1cc(Cl)c(OCCCC(=O)Cl)cc1[N+](=O)[O-]. The lowest BCUT2D eigenvalue weighted by molar-refractivity contribution is -0.385. The van der Waals surface area contributed by atoms with Crippen molar-refractivity contribution in [3.8, 4) is 5.75 Å². The van der Waals surface area contributed by atoms with Gasteiger partial charge in [0.05, 0.1) is 28.2 Å². The maximum absolute atomic E-state index is 10.7. The number of nitrogens with zero attached hydrogens (tertiary/aromatic N) is 1. The lowest BCUT2D eigenvalue weighted by atomic mass is 10.2. The van der Waals surface area contributed by atoms with E-state index in [2.05, 4.69) is 0 Å². The Bertz CT molecular complexity index is 518. The van der Waals surface area contributed by atoms with E-state index in [1.54, 1.807) is 0 Å². The molecule has 0 aliphatic carbocycles. The standard InChI is InChI=1S/C11H9Cl2NO5/c12-8-4-7(6-15)9(14(17)18)5-10(8)19-3-1-2-11(13)16/h4-6H,1-3H2. The quantitative estimate of drug-likeness (QED) is 0.254. The average molecular weight is 306 g/mol. The van der Waals surface area contributed by atoms with Gasteiger partial charge >= 0.3 is 0 Å². The van der Waals surface area contributed by atoms with Crippen LogP contribution in [0.25, 0.3) is 0 Å². The van der Waals surface area contributed by atoms with Crippen LogP contribution in [0.15, 0.2) is 12.1 Å². The average Bonchev–Trinajstić information content (AvgIpc) is 2.34. The topological polar surface area (TPSA) is 86.5 Å². The summed E-state index contributed by atoms with van der Waals surface area (Å²) in [5.74, 6) is 0.0842. The van der Waals surface area contributed by atoms with Crippen LogP contribution in [0.2, 0.25) is 5.02 Å². The molecule has 0 saturated heterocycles. The third-order valence-corrected chi connectivity index (χ3v) is 2.66. The lowest BCUT2D eigenvalue weighted by Gasteiger charge is -2.08. The summed E-state index contributed by atoms with van der Waals surface area (Å²) in [5, 5.41) is 10.3. The molecule has 102 valence electrons. The fourth-order valence-electron chi connectivity index (χ4n) is 1.31. The molecule has 0 spiro atoms. The number of nitro benzene ring substituents is 1. The van der Waals surface area contributed by atoms with Crippen molar-refractivity contribution in [2.75, 3.05) is 6.61 Å². The largest absolute Gasteiger partial charge is 0.492 e. The van der Waals surface area contributed by atoms with Crippen LogP contribution in [-0.2, 0) is 4.79 Å². The molecule has 0 atom stereocenters. The Morgan fingerprint density at radius 3 is 2.68 bits per heavy atom. The summed E-state index contributed by atoms with van der Waals surface area (Å²) in [6.45, 7) is 0.135. The highest BCUT2D eigenvalue weighted by Gasteiger charge is 2.17. The number of ether oxygens (including phenoxy) is 1. The molecule has 0 saturated carbocycles. The second kappa shape index (κ2) is 7.06. The van der Waals surface area contributed by atoms with Crippen molar-refractivity contribution in [2.24, 2.45) is 0 Å². The predicted octanol–water partition coefficient (Wildman–Crippen LogP) is 2.99. The summed E-state index contributed by atoms with van der Waals surface area (Å²) >= 11 is 11.0. The van der Waals surface area contributed by atoms with Crippen LogP contribution < -0.4 is 4.74 Å². The van der Waals surface area contributed by atoms with Gasteiger partial charge in [0.15, 0.2) is 6.29 Å². The summed E-state index contributed by atoms with van der Waals surface area (Å²) in [6.07, 6.45) is 0.843. The summed E-state index contributed by atoms with van der Waals surface area (Å²) in [6, 6.07) is 2.24. The molecule has 0 bridgehead atoms. The van der Waals surface area contributed by atoms with Crippen molar-refractivity contribution in [3.63, 3.8) is 0 Å². The van der Waals surface area contributed by atoms with Crippen molar-refractivity contribution in [2.45, 2.75) is 12.8 Å². The summed E-state index contributed by atoms with van der Waals surface area (Å²) < 4.78 is 5.21. The smallest absolute Gasteiger partial charge is 0.283 e. The molecule has 0 radical (unpaired) electrons. The number of hydrogen-bond donors (Lipinski definition) is 0. The van der Waals surface area contributed by atoms with Gasteiger partial charge in [-0.05, 0) is 24.1 Å².